The molecule has 0 fully saturated rings. The number of benzene rings is 1. The minimum absolute atomic E-state index is 0.0167. The quantitative estimate of drug-likeness (QED) is 0.560. The van der Waals surface area contributed by atoms with Gasteiger partial charge in [0.05, 0.1) is 4.92 Å². The zero-order valence-corrected chi connectivity index (χ0v) is 11.1. The fraction of sp³-hybridized carbons (Fsp3) is 0.100. The molecule has 0 bridgehead atoms. The van der Waals surface area contributed by atoms with Crippen molar-refractivity contribution in [2.24, 2.45) is 0 Å². The molecule has 9 nitrogen and oxygen atoms in total. The van der Waals surface area contributed by atoms with E-state index in [4.69, 9.17) is 0 Å². The Balaban J connectivity index is 2.48. The van der Waals surface area contributed by atoms with E-state index in [1.54, 1.807) is 7.05 Å². The summed E-state index contributed by atoms with van der Waals surface area (Å²) in [5, 5.41) is 13.7. The van der Waals surface area contributed by atoms with Gasteiger partial charge in [-0.05, 0) is 12.1 Å². The van der Waals surface area contributed by atoms with E-state index < -0.39 is 25.5 Å². The third kappa shape index (κ3) is 2.69. The number of aromatic amines is 1. The van der Waals surface area contributed by atoms with Crippen LogP contribution in [-0.4, -0.2) is 30.4 Å². The van der Waals surface area contributed by atoms with E-state index in [1.165, 1.54) is 18.5 Å². The molecule has 0 aliphatic carbocycles. The number of hydrogen-bond donors (Lipinski definition) is 3. The number of H-pyrrole nitrogens is 1. The lowest BCUT2D eigenvalue weighted by Crippen LogP contribution is -2.15. The molecule has 0 aliphatic rings. The molecule has 10 heteroatoms. The van der Waals surface area contributed by atoms with Crippen molar-refractivity contribution in [2.75, 3.05) is 17.1 Å². The number of nitrogens with zero attached hydrogens (tertiary/aromatic N) is 2. The third-order valence-corrected chi connectivity index (χ3v) is 3.85. The van der Waals surface area contributed by atoms with Gasteiger partial charge in [0.25, 0.3) is 15.7 Å². The summed E-state index contributed by atoms with van der Waals surface area (Å²) in [6, 6.07) is 3.75. The average Bonchev–Trinajstić information content (AvgIpc) is 2.90. The van der Waals surface area contributed by atoms with Crippen LogP contribution in [0.2, 0.25) is 0 Å². The second kappa shape index (κ2) is 5.17. The molecule has 2 rings (SSSR count). The Morgan fingerprint density at radius 3 is 2.70 bits per heavy atom. The van der Waals surface area contributed by atoms with Gasteiger partial charge in [-0.25, -0.2) is 18.1 Å². The molecular formula is C10H11N5O4S. The van der Waals surface area contributed by atoms with Gasteiger partial charge in [0, 0.05) is 31.2 Å². The summed E-state index contributed by atoms with van der Waals surface area (Å²) in [7, 11) is -2.52. The van der Waals surface area contributed by atoms with Gasteiger partial charge in [-0.2, -0.15) is 0 Å². The Labute approximate surface area is 114 Å². The van der Waals surface area contributed by atoms with Crippen molar-refractivity contribution in [3.8, 4) is 0 Å². The molecule has 0 radical (unpaired) electrons. The fourth-order valence-corrected chi connectivity index (χ4v) is 2.68. The number of nitro benzene ring substituents is 1. The average molecular weight is 297 g/mol. The van der Waals surface area contributed by atoms with Gasteiger partial charge in [0.2, 0.25) is 5.95 Å². The summed E-state index contributed by atoms with van der Waals surface area (Å²) in [5.41, 5.74) is -0.0791. The molecule has 1 heterocycles. The zero-order chi connectivity index (χ0) is 14.8. The van der Waals surface area contributed by atoms with Crippen LogP contribution in [0, 0.1) is 10.1 Å². The molecule has 20 heavy (non-hydrogen) atoms. The van der Waals surface area contributed by atoms with Crippen molar-refractivity contribution >= 4 is 27.3 Å². The summed E-state index contributed by atoms with van der Waals surface area (Å²) in [5.74, 6) is -0.0167. The van der Waals surface area contributed by atoms with Crippen LogP contribution in [0.25, 0.3) is 0 Å². The van der Waals surface area contributed by atoms with Gasteiger partial charge in [0.1, 0.15) is 0 Å². The van der Waals surface area contributed by atoms with Gasteiger partial charge in [-0.1, -0.05) is 0 Å². The molecule has 1 aromatic heterocycles. The highest BCUT2D eigenvalue weighted by molar-refractivity contribution is 7.92. The van der Waals surface area contributed by atoms with E-state index >= 15 is 0 Å². The van der Waals surface area contributed by atoms with Gasteiger partial charge >= 0.3 is 0 Å². The summed E-state index contributed by atoms with van der Waals surface area (Å²) >= 11 is 0. The SMILES string of the molecule is CNc1ccc(S(=O)(=O)Nc2ncc[nH]2)c([N+](=O)[O-])c1. The van der Waals surface area contributed by atoms with Crippen LogP contribution in [0.15, 0.2) is 35.5 Å². The maximum atomic E-state index is 12.1. The fourth-order valence-electron chi connectivity index (χ4n) is 1.55. The largest absolute Gasteiger partial charge is 0.388 e. The van der Waals surface area contributed by atoms with E-state index in [1.807, 2.05) is 0 Å². The van der Waals surface area contributed by atoms with Gasteiger partial charge in [-0.3, -0.25) is 10.1 Å². The molecular weight excluding hydrogens is 286 g/mol. The topological polar surface area (TPSA) is 130 Å². The normalized spacial score (nSPS) is 11.1. The smallest absolute Gasteiger partial charge is 0.291 e. The Morgan fingerprint density at radius 1 is 1.40 bits per heavy atom. The molecule has 0 atom stereocenters. The molecule has 0 saturated heterocycles. The first-order valence-electron chi connectivity index (χ1n) is 5.42. The first kappa shape index (κ1) is 13.8. The van der Waals surface area contributed by atoms with Crippen molar-refractivity contribution in [1.82, 2.24) is 9.97 Å². The number of nitrogens with one attached hydrogen (secondary N) is 3. The highest BCUT2D eigenvalue weighted by atomic mass is 32.2. The van der Waals surface area contributed by atoms with Crippen molar-refractivity contribution in [1.29, 1.82) is 0 Å². The van der Waals surface area contributed by atoms with Crippen molar-refractivity contribution in [2.45, 2.75) is 4.90 Å². The van der Waals surface area contributed by atoms with Gasteiger partial charge < -0.3 is 10.3 Å². The molecule has 2 aromatic rings. The van der Waals surface area contributed by atoms with Crippen LogP contribution >= 0.6 is 0 Å². The van der Waals surface area contributed by atoms with Crippen LogP contribution in [-0.2, 0) is 10.0 Å². The Kier molecular flexibility index (Phi) is 3.57. The van der Waals surface area contributed by atoms with Crippen molar-refractivity contribution in [3.05, 3.63) is 40.7 Å². The number of nitro groups is 1. The number of anilines is 2. The van der Waals surface area contributed by atoms with E-state index in [9.17, 15) is 18.5 Å². The monoisotopic (exact) mass is 297 g/mol. The molecule has 3 N–H and O–H groups in total. The Hall–Kier alpha value is -2.62. The summed E-state index contributed by atoms with van der Waals surface area (Å²) in [6.07, 6.45) is 2.78. The van der Waals surface area contributed by atoms with Crippen LogP contribution in [0.4, 0.5) is 17.3 Å². The molecule has 0 saturated carbocycles. The summed E-state index contributed by atoms with van der Waals surface area (Å²) in [4.78, 5) is 16.1. The zero-order valence-electron chi connectivity index (χ0n) is 10.3. The van der Waals surface area contributed by atoms with E-state index in [2.05, 4.69) is 20.0 Å². The van der Waals surface area contributed by atoms with E-state index in [0.717, 1.165) is 12.1 Å². The number of sulfonamides is 1. The van der Waals surface area contributed by atoms with Crippen molar-refractivity contribution in [3.63, 3.8) is 0 Å². The predicted octanol–water partition coefficient (Wildman–Crippen LogP) is 1.16. The van der Waals surface area contributed by atoms with Crippen molar-refractivity contribution < 1.29 is 13.3 Å². The van der Waals surface area contributed by atoms with E-state index in [-0.39, 0.29) is 5.95 Å². The number of rotatable bonds is 5. The first-order valence-corrected chi connectivity index (χ1v) is 6.91. The van der Waals surface area contributed by atoms with E-state index in [0.29, 0.717) is 5.69 Å². The Bertz CT molecular complexity index is 726. The third-order valence-electron chi connectivity index (χ3n) is 2.46. The number of aromatic nitrogens is 2. The number of imidazole rings is 1. The molecule has 0 unspecified atom stereocenters. The number of hydrogen-bond acceptors (Lipinski definition) is 6. The van der Waals surface area contributed by atoms with Crippen LogP contribution < -0.4 is 10.0 Å². The predicted molar refractivity (Wildman–Crippen MR) is 72.0 cm³/mol. The van der Waals surface area contributed by atoms with Crippen LogP contribution in [0.5, 0.6) is 0 Å². The summed E-state index contributed by atoms with van der Waals surface area (Å²) in [6.45, 7) is 0. The standard InChI is InChI=1S/C10H11N5O4S/c1-11-7-2-3-9(8(6-7)15(16)17)20(18,19)14-10-12-4-5-13-10/h2-6,11H,1H3,(H2,12,13,14). The van der Waals surface area contributed by atoms with Gasteiger partial charge in [-0.15, -0.1) is 0 Å². The Morgan fingerprint density at radius 2 is 2.15 bits per heavy atom. The minimum Gasteiger partial charge on any atom is -0.388 e. The second-order valence-corrected chi connectivity index (χ2v) is 5.38. The molecule has 106 valence electrons. The van der Waals surface area contributed by atoms with Gasteiger partial charge in [0.15, 0.2) is 4.90 Å². The lowest BCUT2D eigenvalue weighted by atomic mass is 10.3. The highest BCUT2D eigenvalue weighted by Crippen LogP contribution is 2.28. The van der Waals surface area contributed by atoms with Crippen LogP contribution in [0.3, 0.4) is 0 Å². The lowest BCUT2D eigenvalue weighted by Gasteiger charge is -2.07. The summed E-state index contributed by atoms with van der Waals surface area (Å²) < 4.78 is 26.4. The maximum Gasteiger partial charge on any atom is 0.291 e. The van der Waals surface area contributed by atoms with Crippen LogP contribution in [0.1, 0.15) is 0 Å². The first-order chi connectivity index (χ1) is 9.44. The second-order valence-electron chi connectivity index (χ2n) is 3.73. The highest BCUT2D eigenvalue weighted by Gasteiger charge is 2.26. The lowest BCUT2D eigenvalue weighted by molar-refractivity contribution is -0.387. The maximum absolute atomic E-state index is 12.1. The molecule has 0 aliphatic heterocycles. The molecule has 1 aromatic carbocycles. The minimum atomic E-state index is -4.10. The molecule has 0 amide bonds. The molecule has 0 spiro atoms.